The van der Waals surface area contributed by atoms with E-state index in [1.165, 1.54) is 4.40 Å². The van der Waals surface area contributed by atoms with E-state index in [1.807, 2.05) is 0 Å². The van der Waals surface area contributed by atoms with Crippen molar-refractivity contribution in [3.8, 4) is 11.3 Å². The molecule has 0 spiro atoms. The summed E-state index contributed by atoms with van der Waals surface area (Å²) in [5, 5.41) is 0. The van der Waals surface area contributed by atoms with Crippen LogP contribution in [0.3, 0.4) is 0 Å². The predicted molar refractivity (Wildman–Crippen MR) is 70.0 cm³/mol. The van der Waals surface area contributed by atoms with Crippen molar-refractivity contribution < 1.29 is 17.6 Å². The van der Waals surface area contributed by atoms with E-state index in [0.29, 0.717) is 11.7 Å². The van der Waals surface area contributed by atoms with Crippen LogP contribution < -0.4 is 5.73 Å². The van der Waals surface area contributed by atoms with Crippen LogP contribution >= 0.6 is 0 Å². The first-order chi connectivity index (χ1) is 9.86. The lowest BCUT2D eigenvalue weighted by molar-refractivity contribution is -0.137. The van der Waals surface area contributed by atoms with Crippen molar-refractivity contribution in [1.29, 1.82) is 0 Å². The van der Waals surface area contributed by atoms with Gasteiger partial charge in [-0.25, -0.2) is 9.37 Å². The van der Waals surface area contributed by atoms with Crippen molar-refractivity contribution in [2.45, 2.75) is 6.18 Å². The van der Waals surface area contributed by atoms with E-state index in [4.69, 9.17) is 5.73 Å². The molecule has 0 aliphatic heterocycles. The summed E-state index contributed by atoms with van der Waals surface area (Å²) >= 11 is 0. The fraction of sp³-hybridized carbons (Fsp3) is 0.0714. The highest BCUT2D eigenvalue weighted by Crippen LogP contribution is 2.34. The van der Waals surface area contributed by atoms with Crippen molar-refractivity contribution in [3.63, 3.8) is 0 Å². The molecule has 0 atom stereocenters. The molecular weight excluding hydrogens is 286 g/mol. The third-order valence-electron chi connectivity index (χ3n) is 3.07. The molecule has 0 fully saturated rings. The molecule has 3 nitrogen and oxygen atoms in total. The molecule has 2 N–H and O–H groups in total. The number of nitrogens with two attached hydrogens (primary N) is 1. The Morgan fingerprint density at radius 1 is 1.10 bits per heavy atom. The van der Waals surface area contributed by atoms with Crippen LogP contribution in [0.25, 0.3) is 16.9 Å². The summed E-state index contributed by atoms with van der Waals surface area (Å²) in [4.78, 5) is 4.15. The number of halogens is 4. The summed E-state index contributed by atoms with van der Waals surface area (Å²) in [6.07, 6.45) is -3.00. The number of nitrogens with zero attached hydrogens (tertiary/aromatic N) is 2. The summed E-state index contributed by atoms with van der Waals surface area (Å²) in [5.74, 6) is -0.833. The molecule has 0 aliphatic carbocycles. The Kier molecular flexibility index (Phi) is 2.86. The van der Waals surface area contributed by atoms with E-state index in [0.717, 1.165) is 12.1 Å². The molecule has 0 unspecified atom stereocenters. The average molecular weight is 295 g/mol. The number of nitrogen functional groups attached to an aromatic ring is 1. The average Bonchev–Trinajstić information content (AvgIpc) is 2.75. The summed E-state index contributed by atoms with van der Waals surface area (Å²) in [7, 11) is 0. The number of pyridine rings is 1. The molecule has 0 bridgehead atoms. The van der Waals surface area contributed by atoms with E-state index < -0.39 is 17.6 Å². The molecule has 0 aliphatic rings. The highest BCUT2D eigenvalue weighted by molar-refractivity contribution is 5.75. The van der Waals surface area contributed by atoms with Gasteiger partial charge in [0.1, 0.15) is 23.0 Å². The second-order valence-corrected chi connectivity index (χ2v) is 4.50. The van der Waals surface area contributed by atoms with E-state index in [2.05, 4.69) is 4.98 Å². The van der Waals surface area contributed by atoms with Gasteiger partial charge in [0.15, 0.2) is 0 Å². The van der Waals surface area contributed by atoms with Gasteiger partial charge in [-0.1, -0.05) is 6.07 Å². The third kappa shape index (κ3) is 2.31. The Morgan fingerprint density at radius 3 is 2.52 bits per heavy atom. The van der Waals surface area contributed by atoms with E-state index >= 15 is 0 Å². The molecular formula is C14H9F4N3. The van der Waals surface area contributed by atoms with Gasteiger partial charge in [-0.05, 0) is 30.3 Å². The van der Waals surface area contributed by atoms with Crippen LogP contribution in [0.1, 0.15) is 5.56 Å². The first-order valence-electron chi connectivity index (χ1n) is 5.97. The summed E-state index contributed by atoms with van der Waals surface area (Å²) in [5.41, 5.74) is 5.38. The number of benzene rings is 1. The van der Waals surface area contributed by atoms with Crippen molar-refractivity contribution in [2.75, 3.05) is 5.73 Å². The number of hydrogen-bond acceptors (Lipinski definition) is 2. The van der Waals surface area contributed by atoms with Crippen molar-refractivity contribution in [3.05, 3.63) is 54.0 Å². The van der Waals surface area contributed by atoms with Crippen molar-refractivity contribution in [1.82, 2.24) is 9.38 Å². The van der Waals surface area contributed by atoms with Crippen LogP contribution in [0.4, 0.5) is 23.4 Å². The van der Waals surface area contributed by atoms with Gasteiger partial charge in [-0.15, -0.1) is 0 Å². The number of aromatic nitrogens is 2. The fourth-order valence-electron chi connectivity index (χ4n) is 2.12. The van der Waals surface area contributed by atoms with Gasteiger partial charge < -0.3 is 5.73 Å². The number of anilines is 1. The Morgan fingerprint density at radius 2 is 1.86 bits per heavy atom. The van der Waals surface area contributed by atoms with Crippen molar-refractivity contribution >= 4 is 11.5 Å². The van der Waals surface area contributed by atoms with Crippen LogP contribution in [-0.4, -0.2) is 9.38 Å². The zero-order valence-electron chi connectivity index (χ0n) is 10.5. The molecule has 3 aromatic rings. The number of imidazole rings is 1. The zero-order valence-corrected chi connectivity index (χ0v) is 10.5. The van der Waals surface area contributed by atoms with Gasteiger partial charge in [0.25, 0.3) is 0 Å². The molecule has 21 heavy (non-hydrogen) atoms. The minimum atomic E-state index is -4.63. The molecule has 2 aromatic heterocycles. The monoisotopic (exact) mass is 295 g/mol. The molecule has 0 saturated carbocycles. The number of fused-ring (bicyclic) bond motifs is 1. The Bertz CT molecular complexity index is 821. The molecule has 0 saturated heterocycles. The van der Waals surface area contributed by atoms with E-state index in [9.17, 15) is 17.6 Å². The maximum absolute atomic E-state index is 13.5. The summed E-state index contributed by atoms with van der Waals surface area (Å²) < 4.78 is 53.2. The van der Waals surface area contributed by atoms with E-state index in [-0.39, 0.29) is 17.1 Å². The third-order valence-corrected chi connectivity index (χ3v) is 3.07. The smallest absolute Gasteiger partial charge is 0.383 e. The first kappa shape index (κ1) is 13.4. The zero-order chi connectivity index (χ0) is 15.2. The molecule has 108 valence electrons. The molecule has 0 radical (unpaired) electrons. The van der Waals surface area contributed by atoms with E-state index in [1.54, 1.807) is 24.4 Å². The topological polar surface area (TPSA) is 43.3 Å². The first-order valence-corrected chi connectivity index (χ1v) is 5.97. The largest absolute Gasteiger partial charge is 0.416 e. The minimum absolute atomic E-state index is 0.0106. The van der Waals surface area contributed by atoms with Gasteiger partial charge in [0.05, 0.1) is 5.56 Å². The Balaban J connectivity index is 2.23. The van der Waals surface area contributed by atoms with Crippen LogP contribution in [0.5, 0.6) is 0 Å². The van der Waals surface area contributed by atoms with Crippen LogP contribution in [0.15, 0.2) is 42.6 Å². The lowest BCUT2D eigenvalue weighted by Crippen LogP contribution is -2.06. The van der Waals surface area contributed by atoms with Crippen LogP contribution in [0, 0.1) is 5.82 Å². The van der Waals surface area contributed by atoms with Crippen LogP contribution in [-0.2, 0) is 6.18 Å². The number of alkyl halides is 3. The highest BCUT2D eigenvalue weighted by atomic mass is 19.4. The standard InChI is InChI=1S/C14H9F4N3/c15-10-6-8(5-9(7-10)14(16,17)18)12-13(19)21-4-2-1-3-11(21)20-12/h1-7H,19H2. The normalized spacial score (nSPS) is 12.0. The Labute approximate surface area is 116 Å². The summed E-state index contributed by atoms with van der Waals surface area (Å²) in [6, 6.07) is 7.34. The van der Waals surface area contributed by atoms with Gasteiger partial charge in [-0.3, -0.25) is 4.40 Å². The maximum Gasteiger partial charge on any atom is 0.416 e. The molecule has 2 heterocycles. The predicted octanol–water partition coefficient (Wildman–Crippen LogP) is 3.74. The molecule has 1 aromatic carbocycles. The molecule has 7 heteroatoms. The second kappa shape index (κ2) is 4.47. The molecule has 0 amide bonds. The second-order valence-electron chi connectivity index (χ2n) is 4.50. The lowest BCUT2D eigenvalue weighted by Gasteiger charge is -2.08. The highest BCUT2D eigenvalue weighted by Gasteiger charge is 2.31. The number of rotatable bonds is 1. The lowest BCUT2D eigenvalue weighted by atomic mass is 10.1. The Hall–Kier alpha value is -2.57. The minimum Gasteiger partial charge on any atom is -0.383 e. The van der Waals surface area contributed by atoms with Gasteiger partial charge >= 0.3 is 6.18 Å². The quantitative estimate of drug-likeness (QED) is 0.695. The van der Waals surface area contributed by atoms with Crippen molar-refractivity contribution in [2.24, 2.45) is 0 Å². The summed E-state index contributed by atoms with van der Waals surface area (Å²) in [6.45, 7) is 0. The van der Waals surface area contributed by atoms with Gasteiger partial charge in [0, 0.05) is 11.8 Å². The number of hydrogen-bond donors (Lipinski definition) is 1. The van der Waals surface area contributed by atoms with Gasteiger partial charge in [-0.2, -0.15) is 13.2 Å². The molecule has 3 rings (SSSR count). The maximum atomic E-state index is 13.5. The van der Waals surface area contributed by atoms with Crippen LogP contribution in [0.2, 0.25) is 0 Å². The fourth-order valence-corrected chi connectivity index (χ4v) is 2.12. The van der Waals surface area contributed by atoms with Gasteiger partial charge in [0.2, 0.25) is 0 Å². The SMILES string of the molecule is Nc1c(-c2cc(F)cc(C(F)(F)F)c2)nc2ccccn12.